The number of nitrogen functional groups attached to an aromatic ring is 1. The molecular formula is C10H13FN2O4S. The highest BCUT2D eigenvalue weighted by Gasteiger charge is 2.14. The molecule has 1 rings (SSSR count). The Balaban J connectivity index is 2.73. The smallest absolute Gasteiger partial charge is 0.306 e. The molecule has 0 aliphatic rings. The first kappa shape index (κ1) is 14.2. The molecule has 0 heterocycles. The molecule has 1 aromatic rings. The van der Waals surface area contributed by atoms with E-state index >= 15 is 0 Å². The molecule has 0 atom stereocenters. The normalized spacial score (nSPS) is 11.0. The highest BCUT2D eigenvalue weighted by atomic mass is 32.2. The molecule has 0 saturated carbocycles. The van der Waals surface area contributed by atoms with Crippen molar-refractivity contribution in [2.75, 3.05) is 23.3 Å². The second-order valence-electron chi connectivity index (χ2n) is 3.52. The summed E-state index contributed by atoms with van der Waals surface area (Å²) < 4.78 is 42.6. The summed E-state index contributed by atoms with van der Waals surface area (Å²) in [6.07, 6.45) is -0.281. The molecule has 0 saturated heterocycles. The maximum atomic E-state index is 13.0. The van der Waals surface area contributed by atoms with Crippen LogP contribution < -0.4 is 10.5 Å². The average Bonchev–Trinajstić information content (AvgIpc) is 2.23. The molecule has 0 bridgehead atoms. The number of hydrogen-bond acceptors (Lipinski definition) is 5. The van der Waals surface area contributed by atoms with Gasteiger partial charge in [0, 0.05) is 5.69 Å². The summed E-state index contributed by atoms with van der Waals surface area (Å²) >= 11 is 0. The molecule has 0 aliphatic carbocycles. The molecule has 18 heavy (non-hydrogen) atoms. The van der Waals surface area contributed by atoms with E-state index in [1.54, 1.807) is 0 Å². The van der Waals surface area contributed by atoms with Crippen LogP contribution in [0, 0.1) is 5.82 Å². The van der Waals surface area contributed by atoms with E-state index in [1.807, 2.05) is 0 Å². The van der Waals surface area contributed by atoms with Gasteiger partial charge in [0.15, 0.2) is 0 Å². The van der Waals surface area contributed by atoms with Crippen molar-refractivity contribution in [2.45, 2.75) is 6.42 Å². The number of halogens is 1. The summed E-state index contributed by atoms with van der Waals surface area (Å²) in [5.74, 6) is -1.74. The van der Waals surface area contributed by atoms with E-state index in [4.69, 9.17) is 5.73 Å². The van der Waals surface area contributed by atoms with Crippen LogP contribution in [0.4, 0.5) is 15.8 Å². The van der Waals surface area contributed by atoms with Crippen molar-refractivity contribution in [1.29, 1.82) is 0 Å². The van der Waals surface area contributed by atoms with Crippen LogP contribution in [0.5, 0.6) is 0 Å². The molecular weight excluding hydrogens is 263 g/mol. The summed E-state index contributed by atoms with van der Waals surface area (Å²) in [6, 6.07) is 3.33. The molecule has 0 radical (unpaired) electrons. The van der Waals surface area contributed by atoms with Gasteiger partial charge in [0.1, 0.15) is 5.82 Å². The molecule has 0 aliphatic heterocycles. The Kier molecular flexibility index (Phi) is 4.49. The lowest BCUT2D eigenvalue weighted by molar-refractivity contribution is -0.140. The maximum absolute atomic E-state index is 13.0. The Morgan fingerprint density at radius 2 is 2.11 bits per heavy atom. The Morgan fingerprint density at radius 3 is 2.67 bits per heavy atom. The van der Waals surface area contributed by atoms with Crippen LogP contribution in [0.25, 0.3) is 0 Å². The Bertz CT molecular complexity index is 525. The number of nitrogens with one attached hydrogen (secondary N) is 1. The molecule has 100 valence electrons. The largest absolute Gasteiger partial charge is 0.469 e. The Morgan fingerprint density at radius 1 is 1.44 bits per heavy atom. The summed E-state index contributed by atoms with van der Waals surface area (Å²) in [4.78, 5) is 10.8. The average molecular weight is 276 g/mol. The zero-order valence-electron chi connectivity index (χ0n) is 9.64. The molecule has 0 unspecified atom stereocenters. The van der Waals surface area contributed by atoms with Gasteiger partial charge in [0.05, 0.1) is 25.0 Å². The fraction of sp³-hybridized carbons (Fsp3) is 0.300. The minimum absolute atomic E-state index is 0.0114. The van der Waals surface area contributed by atoms with E-state index < -0.39 is 27.6 Å². The fourth-order valence-electron chi connectivity index (χ4n) is 1.22. The second kappa shape index (κ2) is 5.67. The Hall–Kier alpha value is -1.83. The highest BCUT2D eigenvalue weighted by Crippen LogP contribution is 2.16. The SMILES string of the molecule is COC(=O)CCS(=O)(=O)Nc1cc(N)cc(F)c1. The molecule has 0 aromatic heterocycles. The van der Waals surface area contributed by atoms with Gasteiger partial charge in [-0.25, -0.2) is 12.8 Å². The molecule has 1 aromatic carbocycles. The van der Waals surface area contributed by atoms with Crippen LogP contribution in [-0.4, -0.2) is 27.2 Å². The number of ether oxygens (including phenoxy) is 1. The third-order valence-corrected chi connectivity index (χ3v) is 3.28. The number of carbonyl (C=O) groups is 1. The zero-order valence-corrected chi connectivity index (χ0v) is 10.5. The van der Waals surface area contributed by atoms with Crippen LogP contribution >= 0.6 is 0 Å². The number of carbonyl (C=O) groups excluding carboxylic acids is 1. The van der Waals surface area contributed by atoms with E-state index in [0.29, 0.717) is 0 Å². The van der Waals surface area contributed by atoms with E-state index in [0.717, 1.165) is 19.2 Å². The number of rotatable bonds is 5. The van der Waals surface area contributed by atoms with Gasteiger partial charge in [-0.15, -0.1) is 0 Å². The number of esters is 1. The van der Waals surface area contributed by atoms with Crippen molar-refractivity contribution < 1.29 is 22.3 Å². The summed E-state index contributed by atoms with van der Waals surface area (Å²) in [5.41, 5.74) is 5.48. The van der Waals surface area contributed by atoms with E-state index in [-0.39, 0.29) is 17.8 Å². The van der Waals surface area contributed by atoms with Gasteiger partial charge in [-0.3, -0.25) is 9.52 Å². The van der Waals surface area contributed by atoms with Crippen molar-refractivity contribution in [3.8, 4) is 0 Å². The fourth-order valence-corrected chi connectivity index (χ4v) is 2.24. The topological polar surface area (TPSA) is 98.5 Å². The third-order valence-electron chi connectivity index (χ3n) is 2.00. The number of anilines is 2. The Labute approximate surface area is 104 Å². The van der Waals surface area contributed by atoms with Gasteiger partial charge in [0.2, 0.25) is 10.0 Å². The van der Waals surface area contributed by atoms with Gasteiger partial charge in [0.25, 0.3) is 0 Å². The van der Waals surface area contributed by atoms with Gasteiger partial charge < -0.3 is 10.5 Å². The van der Waals surface area contributed by atoms with Gasteiger partial charge in [-0.2, -0.15) is 0 Å². The predicted molar refractivity (Wildman–Crippen MR) is 64.9 cm³/mol. The molecule has 6 nitrogen and oxygen atoms in total. The van der Waals surface area contributed by atoms with Crippen LogP contribution in [-0.2, 0) is 19.6 Å². The maximum Gasteiger partial charge on any atom is 0.306 e. The standard InChI is InChI=1S/C10H13FN2O4S/c1-17-10(14)2-3-18(15,16)13-9-5-7(11)4-8(12)6-9/h4-6,13H,2-3,12H2,1H3. The highest BCUT2D eigenvalue weighted by molar-refractivity contribution is 7.92. The van der Waals surface area contributed by atoms with Gasteiger partial charge in [-0.1, -0.05) is 0 Å². The zero-order chi connectivity index (χ0) is 13.8. The van der Waals surface area contributed by atoms with E-state index in [1.165, 1.54) is 6.07 Å². The quantitative estimate of drug-likeness (QED) is 0.609. The van der Waals surface area contributed by atoms with E-state index in [9.17, 15) is 17.6 Å². The van der Waals surface area contributed by atoms with Gasteiger partial charge in [-0.05, 0) is 18.2 Å². The first-order valence-electron chi connectivity index (χ1n) is 4.96. The summed E-state index contributed by atoms with van der Waals surface area (Å²) in [6.45, 7) is 0. The van der Waals surface area contributed by atoms with Crippen LogP contribution in [0.3, 0.4) is 0 Å². The number of nitrogens with two attached hydrogens (primary N) is 1. The number of sulfonamides is 1. The van der Waals surface area contributed by atoms with Crippen LogP contribution in [0.1, 0.15) is 6.42 Å². The van der Waals surface area contributed by atoms with Crippen LogP contribution in [0.15, 0.2) is 18.2 Å². The lowest BCUT2D eigenvalue weighted by Gasteiger charge is -2.08. The summed E-state index contributed by atoms with van der Waals surface area (Å²) in [5, 5.41) is 0. The van der Waals surface area contributed by atoms with Crippen molar-refractivity contribution in [2.24, 2.45) is 0 Å². The third kappa shape index (κ3) is 4.58. The van der Waals surface area contributed by atoms with Crippen molar-refractivity contribution in [3.63, 3.8) is 0 Å². The summed E-state index contributed by atoms with van der Waals surface area (Å²) in [7, 11) is -2.58. The minimum atomic E-state index is -3.75. The molecule has 0 spiro atoms. The van der Waals surface area contributed by atoms with E-state index in [2.05, 4.69) is 9.46 Å². The lowest BCUT2D eigenvalue weighted by atomic mass is 10.3. The monoisotopic (exact) mass is 276 g/mol. The molecule has 0 fully saturated rings. The first-order valence-corrected chi connectivity index (χ1v) is 6.61. The van der Waals surface area contributed by atoms with Crippen molar-refractivity contribution >= 4 is 27.4 Å². The predicted octanol–water partition coefficient (Wildman–Crippen LogP) is 0.713. The first-order chi connectivity index (χ1) is 8.32. The van der Waals surface area contributed by atoms with Crippen LogP contribution in [0.2, 0.25) is 0 Å². The van der Waals surface area contributed by atoms with Crippen molar-refractivity contribution in [1.82, 2.24) is 0 Å². The number of methoxy groups -OCH3 is 1. The second-order valence-corrected chi connectivity index (χ2v) is 5.36. The molecule has 8 heteroatoms. The lowest BCUT2D eigenvalue weighted by Crippen LogP contribution is -2.19. The molecule has 3 N–H and O–H groups in total. The molecule has 0 amide bonds. The number of benzene rings is 1. The number of hydrogen-bond donors (Lipinski definition) is 2. The van der Waals surface area contributed by atoms with Crippen molar-refractivity contribution in [3.05, 3.63) is 24.0 Å². The van der Waals surface area contributed by atoms with Gasteiger partial charge >= 0.3 is 5.97 Å². The minimum Gasteiger partial charge on any atom is -0.469 e.